The van der Waals surface area contributed by atoms with Gasteiger partial charge in [-0.1, -0.05) is 88.3 Å². The average molecular weight is 497 g/mol. The molecule has 3 rings (SSSR count). The Morgan fingerprint density at radius 3 is 2.18 bits per heavy atom. The van der Waals surface area contributed by atoms with Crippen LogP contribution in [0.2, 0.25) is 25.1 Å². The number of nitrogens with zero attached hydrogens (tertiary/aromatic N) is 2. The molecule has 0 saturated heterocycles. The first-order valence-corrected chi connectivity index (χ1v) is 10.5. The van der Waals surface area contributed by atoms with E-state index in [-0.39, 0.29) is 30.0 Å². The minimum atomic E-state index is -0.618. The molecule has 3 aromatic rings. The Morgan fingerprint density at radius 2 is 1.61 bits per heavy atom. The highest BCUT2D eigenvalue weighted by molar-refractivity contribution is 8.13. The zero-order chi connectivity index (χ0) is 20.3. The third-order valence-electron chi connectivity index (χ3n) is 3.70. The van der Waals surface area contributed by atoms with E-state index < -0.39 is 11.4 Å². The molecule has 0 radical (unpaired) electrons. The van der Waals surface area contributed by atoms with Gasteiger partial charge in [-0.3, -0.25) is 0 Å². The summed E-state index contributed by atoms with van der Waals surface area (Å²) in [5.41, 5.74) is 0.828. The van der Waals surface area contributed by atoms with E-state index in [1.54, 1.807) is 18.7 Å². The highest BCUT2D eigenvalue weighted by Gasteiger charge is 2.24. The first kappa shape index (κ1) is 21.6. The highest BCUT2D eigenvalue weighted by atomic mass is 35.5. The van der Waals surface area contributed by atoms with E-state index in [4.69, 9.17) is 62.7 Å². The van der Waals surface area contributed by atoms with E-state index in [0.29, 0.717) is 18.3 Å². The Labute approximate surface area is 190 Å². The number of imidazole rings is 1. The molecule has 0 fully saturated rings. The molecule has 0 spiro atoms. The van der Waals surface area contributed by atoms with Gasteiger partial charge in [-0.2, -0.15) is 0 Å². The van der Waals surface area contributed by atoms with Gasteiger partial charge in [0.15, 0.2) is 0 Å². The lowest BCUT2D eigenvalue weighted by Crippen LogP contribution is -2.14. The molecule has 28 heavy (non-hydrogen) atoms. The SMILES string of the molecule is O=C(OC(Cn1ccnc1)c1ccccc1)Sc1c(Cl)c(Cl)c(Cl)c(Cl)c1Cl. The smallest absolute Gasteiger partial charge is 0.372 e. The predicted molar refractivity (Wildman–Crippen MR) is 115 cm³/mol. The van der Waals surface area contributed by atoms with Crippen molar-refractivity contribution in [2.75, 3.05) is 0 Å². The minimum Gasteiger partial charge on any atom is -0.447 e. The van der Waals surface area contributed by atoms with Gasteiger partial charge in [0, 0.05) is 12.4 Å². The second-order valence-electron chi connectivity index (χ2n) is 5.53. The number of hydrogen-bond acceptors (Lipinski definition) is 4. The van der Waals surface area contributed by atoms with Gasteiger partial charge in [-0.05, 0) is 17.3 Å². The molecule has 2 aromatic carbocycles. The summed E-state index contributed by atoms with van der Waals surface area (Å²) in [4.78, 5) is 16.8. The zero-order valence-electron chi connectivity index (χ0n) is 13.9. The number of carbonyl (C=O) groups is 1. The monoisotopic (exact) mass is 494 g/mol. The van der Waals surface area contributed by atoms with Crippen molar-refractivity contribution >= 4 is 75.1 Å². The van der Waals surface area contributed by atoms with Crippen molar-refractivity contribution in [3.63, 3.8) is 0 Å². The lowest BCUT2D eigenvalue weighted by molar-refractivity contribution is 0.111. The summed E-state index contributed by atoms with van der Waals surface area (Å²) in [5, 5.41) is -0.481. The Kier molecular flexibility index (Phi) is 7.42. The first-order valence-electron chi connectivity index (χ1n) is 7.79. The molecular weight excluding hydrogens is 486 g/mol. The minimum absolute atomic E-state index is 0.0195. The summed E-state index contributed by atoms with van der Waals surface area (Å²) in [7, 11) is 0. The van der Waals surface area contributed by atoms with E-state index in [1.165, 1.54) is 0 Å². The predicted octanol–water partition coefficient (Wildman–Crippen LogP) is 7.82. The van der Waals surface area contributed by atoms with Gasteiger partial charge >= 0.3 is 5.30 Å². The standard InChI is InChI=1S/C18H11Cl5N2O2S/c19-12-13(20)15(22)17(16(23)14(12)21)28-18(26)27-11(8-25-7-6-24-9-25)10-4-2-1-3-5-10/h1-7,9,11H,8H2. The molecule has 1 unspecified atom stereocenters. The highest BCUT2D eigenvalue weighted by Crippen LogP contribution is 2.48. The summed E-state index contributed by atoms with van der Waals surface area (Å²) >= 11 is 31.2. The number of hydrogen-bond donors (Lipinski definition) is 0. The van der Waals surface area contributed by atoms with Crippen LogP contribution in [-0.2, 0) is 11.3 Å². The maximum atomic E-state index is 12.6. The number of ether oxygens (including phenoxy) is 1. The van der Waals surface area contributed by atoms with Crippen LogP contribution in [0.25, 0.3) is 0 Å². The second kappa shape index (κ2) is 9.61. The lowest BCUT2D eigenvalue weighted by atomic mass is 10.1. The summed E-state index contributed by atoms with van der Waals surface area (Å²) < 4.78 is 7.48. The topological polar surface area (TPSA) is 44.1 Å². The average Bonchev–Trinajstić information content (AvgIpc) is 3.21. The molecule has 0 N–H and O–H groups in total. The molecule has 10 heteroatoms. The van der Waals surface area contributed by atoms with Crippen LogP contribution in [-0.4, -0.2) is 14.9 Å². The van der Waals surface area contributed by atoms with Crippen molar-refractivity contribution in [3.05, 3.63) is 79.7 Å². The third kappa shape index (κ3) is 4.90. The third-order valence-corrected chi connectivity index (χ3v) is 7.08. The number of benzene rings is 2. The Balaban J connectivity index is 1.83. The second-order valence-corrected chi connectivity index (χ2v) is 8.36. The van der Waals surface area contributed by atoms with Crippen molar-refractivity contribution in [3.8, 4) is 0 Å². The Bertz CT molecular complexity index is 954. The van der Waals surface area contributed by atoms with Crippen LogP contribution in [0.15, 0.2) is 53.9 Å². The fraction of sp³-hybridized carbons (Fsp3) is 0.111. The van der Waals surface area contributed by atoms with E-state index in [9.17, 15) is 4.79 Å². The van der Waals surface area contributed by atoms with Crippen molar-refractivity contribution < 1.29 is 9.53 Å². The van der Waals surface area contributed by atoms with Gasteiger partial charge in [0.1, 0.15) is 6.10 Å². The van der Waals surface area contributed by atoms with E-state index in [1.807, 2.05) is 34.9 Å². The number of aromatic nitrogens is 2. The van der Waals surface area contributed by atoms with Crippen LogP contribution in [0.4, 0.5) is 4.79 Å². The summed E-state index contributed by atoms with van der Waals surface area (Å²) in [6.07, 6.45) is 4.52. The largest absolute Gasteiger partial charge is 0.447 e. The molecule has 0 aliphatic heterocycles. The molecule has 0 aliphatic carbocycles. The van der Waals surface area contributed by atoms with Crippen LogP contribution >= 0.6 is 69.8 Å². The lowest BCUT2D eigenvalue weighted by Gasteiger charge is -2.19. The molecule has 4 nitrogen and oxygen atoms in total. The Morgan fingerprint density at radius 1 is 1.00 bits per heavy atom. The van der Waals surface area contributed by atoms with Gasteiger partial charge in [-0.25, -0.2) is 9.78 Å². The van der Waals surface area contributed by atoms with Crippen molar-refractivity contribution in [2.24, 2.45) is 0 Å². The van der Waals surface area contributed by atoms with Gasteiger partial charge in [0.05, 0.1) is 42.9 Å². The fourth-order valence-electron chi connectivity index (χ4n) is 2.36. The fourth-order valence-corrected chi connectivity index (χ4v) is 4.56. The van der Waals surface area contributed by atoms with Crippen LogP contribution < -0.4 is 0 Å². The maximum absolute atomic E-state index is 12.6. The first-order chi connectivity index (χ1) is 13.4. The molecular formula is C18H11Cl5N2O2S. The van der Waals surface area contributed by atoms with E-state index in [2.05, 4.69) is 4.98 Å². The van der Waals surface area contributed by atoms with Crippen molar-refractivity contribution in [2.45, 2.75) is 17.5 Å². The van der Waals surface area contributed by atoms with Crippen LogP contribution in [0.3, 0.4) is 0 Å². The summed E-state index contributed by atoms with van der Waals surface area (Å²) in [5.74, 6) is 0. The molecule has 0 bridgehead atoms. The van der Waals surface area contributed by atoms with E-state index >= 15 is 0 Å². The molecule has 0 amide bonds. The van der Waals surface area contributed by atoms with Crippen molar-refractivity contribution in [1.29, 1.82) is 0 Å². The molecule has 0 aliphatic rings. The quantitative estimate of drug-likeness (QED) is 0.156. The van der Waals surface area contributed by atoms with Crippen molar-refractivity contribution in [1.82, 2.24) is 9.55 Å². The molecule has 146 valence electrons. The van der Waals surface area contributed by atoms with Gasteiger partial charge in [0.25, 0.3) is 0 Å². The van der Waals surface area contributed by atoms with Gasteiger partial charge < -0.3 is 9.30 Å². The van der Waals surface area contributed by atoms with Crippen LogP contribution in [0.5, 0.6) is 0 Å². The van der Waals surface area contributed by atoms with Gasteiger partial charge in [0.2, 0.25) is 0 Å². The van der Waals surface area contributed by atoms with E-state index in [0.717, 1.165) is 5.56 Å². The normalized spacial score (nSPS) is 12.0. The maximum Gasteiger partial charge on any atom is 0.372 e. The summed E-state index contributed by atoms with van der Waals surface area (Å²) in [6.45, 7) is 0.389. The summed E-state index contributed by atoms with van der Waals surface area (Å²) in [6, 6.07) is 9.35. The van der Waals surface area contributed by atoms with Crippen LogP contribution in [0, 0.1) is 0 Å². The van der Waals surface area contributed by atoms with Gasteiger partial charge in [-0.15, -0.1) is 0 Å². The number of rotatable bonds is 5. The zero-order valence-corrected chi connectivity index (χ0v) is 18.5. The molecule has 1 aromatic heterocycles. The van der Waals surface area contributed by atoms with Crippen LogP contribution in [0.1, 0.15) is 11.7 Å². The molecule has 1 heterocycles. The number of halogens is 5. The Hall–Kier alpha value is -1.08. The molecule has 0 saturated carbocycles. The molecule has 1 atom stereocenters. The number of thioether (sulfide) groups is 1. The number of carbonyl (C=O) groups excluding carboxylic acids is 1.